The molecule has 3 aliphatic heterocycles. The van der Waals surface area contributed by atoms with Gasteiger partial charge in [0.25, 0.3) is 0 Å². The first-order valence-electron chi connectivity index (χ1n) is 8.96. The fourth-order valence-corrected chi connectivity index (χ4v) is 3.53. The third kappa shape index (κ3) is 3.58. The lowest BCUT2D eigenvalue weighted by Crippen LogP contribution is -2.58. The van der Waals surface area contributed by atoms with Gasteiger partial charge in [0.1, 0.15) is 11.2 Å². The lowest BCUT2D eigenvalue weighted by atomic mass is 9.78. The molecule has 0 aromatic carbocycles. The van der Waals surface area contributed by atoms with Crippen LogP contribution < -0.4 is 0 Å². The third-order valence-electron chi connectivity index (χ3n) is 5.06. The predicted molar refractivity (Wildman–Crippen MR) is 97.0 cm³/mol. The van der Waals surface area contributed by atoms with Crippen molar-refractivity contribution in [2.75, 3.05) is 19.6 Å². The van der Waals surface area contributed by atoms with Gasteiger partial charge in [-0.1, -0.05) is 12.7 Å². The lowest BCUT2D eigenvalue weighted by molar-refractivity contribution is -0.00416. The van der Waals surface area contributed by atoms with Crippen molar-refractivity contribution in [3.8, 4) is 0 Å². The molecule has 0 aromatic rings. The van der Waals surface area contributed by atoms with Crippen molar-refractivity contribution < 1.29 is 18.8 Å². The first-order valence-corrected chi connectivity index (χ1v) is 8.96. The molecule has 0 saturated carbocycles. The van der Waals surface area contributed by atoms with Gasteiger partial charge >= 0.3 is 13.2 Å². The Bertz CT molecular complexity index is 611. The number of hydrogen-bond donors (Lipinski definition) is 0. The Labute approximate surface area is 150 Å². The van der Waals surface area contributed by atoms with Crippen LogP contribution in [-0.2, 0) is 14.0 Å². The minimum atomic E-state index is -0.484. The number of ether oxygens (including phenoxy) is 1. The van der Waals surface area contributed by atoms with E-state index in [1.165, 1.54) is 0 Å². The highest BCUT2D eigenvalue weighted by Crippen LogP contribution is 2.35. The van der Waals surface area contributed by atoms with Crippen LogP contribution in [0.3, 0.4) is 0 Å². The topological polar surface area (TPSA) is 51.2 Å². The standard InChI is InChI=1S/C18H29BN2O4/c1-12-15-10-14(19-24-13(2)18(6,7)25-19)11-20(15)8-9-21(12)16(22)23-17(3,4)5/h10,12,15H,2,8-9,11H2,1,3-7H3/t12-,15-/m0/s1. The minimum absolute atomic E-state index is 0.0405. The Kier molecular flexibility index (Phi) is 4.44. The molecular formula is C18H29BN2O4. The van der Waals surface area contributed by atoms with Crippen molar-refractivity contribution in [1.82, 2.24) is 9.80 Å². The molecule has 25 heavy (non-hydrogen) atoms. The molecule has 3 aliphatic rings. The molecule has 6 nitrogen and oxygen atoms in total. The van der Waals surface area contributed by atoms with E-state index in [1.807, 2.05) is 39.5 Å². The maximum absolute atomic E-state index is 12.5. The van der Waals surface area contributed by atoms with E-state index in [-0.39, 0.29) is 25.3 Å². The first kappa shape index (κ1) is 18.3. The second kappa shape index (κ2) is 6.06. The van der Waals surface area contributed by atoms with Gasteiger partial charge in [-0.05, 0) is 47.0 Å². The quantitative estimate of drug-likeness (QED) is 0.682. The average Bonchev–Trinajstić information content (AvgIpc) is 2.99. The summed E-state index contributed by atoms with van der Waals surface area (Å²) in [6.45, 7) is 17.9. The zero-order valence-corrected chi connectivity index (χ0v) is 16.2. The first-order chi connectivity index (χ1) is 11.5. The zero-order valence-electron chi connectivity index (χ0n) is 16.2. The number of fused-ring (bicyclic) bond motifs is 1. The van der Waals surface area contributed by atoms with Gasteiger partial charge in [0.05, 0.1) is 11.8 Å². The van der Waals surface area contributed by atoms with Crippen molar-refractivity contribution in [1.29, 1.82) is 0 Å². The number of carbonyl (C=O) groups is 1. The molecule has 0 N–H and O–H groups in total. The SMILES string of the molecule is C=C1OB(C2=C[C@H]3[C@H](C)N(C(=O)OC(C)(C)C)CCN3C2)OC1(C)C. The molecule has 7 heteroatoms. The lowest BCUT2D eigenvalue weighted by Gasteiger charge is -2.43. The summed E-state index contributed by atoms with van der Waals surface area (Å²) in [5, 5.41) is 0. The maximum Gasteiger partial charge on any atom is 0.560 e. The summed E-state index contributed by atoms with van der Waals surface area (Å²) in [6, 6.07) is 0.194. The summed E-state index contributed by atoms with van der Waals surface area (Å²) >= 11 is 0. The highest BCUT2D eigenvalue weighted by Gasteiger charge is 2.48. The second-order valence-corrected chi connectivity index (χ2v) is 8.62. The van der Waals surface area contributed by atoms with E-state index in [0.717, 1.165) is 18.6 Å². The molecule has 2 saturated heterocycles. The number of amides is 1. The molecular weight excluding hydrogens is 319 g/mol. The average molecular weight is 348 g/mol. The van der Waals surface area contributed by atoms with Gasteiger partial charge in [-0.2, -0.15) is 0 Å². The van der Waals surface area contributed by atoms with Crippen LogP contribution in [0.5, 0.6) is 0 Å². The van der Waals surface area contributed by atoms with Crippen LogP contribution in [0.1, 0.15) is 41.5 Å². The van der Waals surface area contributed by atoms with E-state index in [1.54, 1.807) is 0 Å². The Morgan fingerprint density at radius 2 is 2.08 bits per heavy atom. The van der Waals surface area contributed by atoms with Crippen LogP contribution in [0.25, 0.3) is 0 Å². The zero-order chi connectivity index (χ0) is 18.6. The highest BCUT2D eigenvalue weighted by molar-refractivity contribution is 6.55. The van der Waals surface area contributed by atoms with E-state index in [0.29, 0.717) is 12.3 Å². The normalized spacial score (nSPS) is 29.4. The fraction of sp³-hybridized carbons (Fsp3) is 0.722. The van der Waals surface area contributed by atoms with Crippen molar-refractivity contribution in [3.63, 3.8) is 0 Å². The summed E-state index contributed by atoms with van der Waals surface area (Å²) < 4.78 is 17.4. The Morgan fingerprint density at radius 3 is 2.64 bits per heavy atom. The van der Waals surface area contributed by atoms with Gasteiger partial charge in [0.15, 0.2) is 0 Å². The Morgan fingerprint density at radius 1 is 1.40 bits per heavy atom. The molecule has 2 fully saturated rings. The Balaban J connectivity index is 1.71. The van der Waals surface area contributed by atoms with Crippen molar-refractivity contribution in [2.45, 2.75) is 64.8 Å². The molecule has 2 atom stereocenters. The van der Waals surface area contributed by atoms with Gasteiger partial charge in [-0.3, -0.25) is 4.90 Å². The molecule has 138 valence electrons. The molecule has 0 spiro atoms. The summed E-state index contributed by atoms with van der Waals surface area (Å²) in [5.41, 5.74) is 0.153. The summed E-state index contributed by atoms with van der Waals surface area (Å²) in [4.78, 5) is 16.7. The van der Waals surface area contributed by atoms with Crippen molar-refractivity contribution >= 4 is 13.2 Å². The van der Waals surface area contributed by atoms with Crippen LogP contribution >= 0.6 is 0 Å². The molecule has 1 amide bonds. The van der Waals surface area contributed by atoms with Gasteiger partial charge in [0, 0.05) is 25.7 Å². The monoisotopic (exact) mass is 348 g/mol. The number of rotatable bonds is 1. The van der Waals surface area contributed by atoms with Crippen molar-refractivity contribution in [3.05, 3.63) is 23.9 Å². The summed E-state index contributed by atoms with van der Waals surface area (Å²) in [6.07, 6.45) is 1.94. The van der Waals surface area contributed by atoms with Gasteiger partial charge < -0.3 is 18.9 Å². The molecule has 0 unspecified atom stereocenters. The largest absolute Gasteiger partial charge is 0.560 e. The Hall–Kier alpha value is -1.47. The van der Waals surface area contributed by atoms with Crippen LogP contribution in [0.15, 0.2) is 23.9 Å². The number of piperazine rings is 1. The van der Waals surface area contributed by atoms with E-state index in [9.17, 15) is 4.79 Å². The van der Waals surface area contributed by atoms with Crippen LogP contribution in [0, 0.1) is 0 Å². The number of hydrogen-bond acceptors (Lipinski definition) is 5. The molecule has 0 aliphatic carbocycles. The van der Waals surface area contributed by atoms with E-state index in [2.05, 4.69) is 24.5 Å². The van der Waals surface area contributed by atoms with E-state index < -0.39 is 11.2 Å². The van der Waals surface area contributed by atoms with Gasteiger partial charge in [-0.25, -0.2) is 4.79 Å². The minimum Gasteiger partial charge on any atom is -0.534 e. The number of carbonyl (C=O) groups excluding carboxylic acids is 1. The van der Waals surface area contributed by atoms with Crippen LogP contribution in [0.4, 0.5) is 4.79 Å². The van der Waals surface area contributed by atoms with E-state index in [4.69, 9.17) is 14.0 Å². The maximum atomic E-state index is 12.5. The second-order valence-electron chi connectivity index (χ2n) is 8.62. The third-order valence-corrected chi connectivity index (χ3v) is 5.06. The molecule has 3 rings (SSSR count). The molecule has 3 heterocycles. The van der Waals surface area contributed by atoms with E-state index >= 15 is 0 Å². The number of nitrogens with zero attached hydrogens (tertiary/aromatic N) is 2. The van der Waals surface area contributed by atoms with Gasteiger partial charge in [0.2, 0.25) is 0 Å². The predicted octanol–water partition coefficient (Wildman–Crippen LogP) is 2.60. The highest BCUT2D eigenvalue weighted by atomic mass is 16.7. The molecule has 0 bridgehead atoms. The van der Waals surface area contributed by atoms with Crippen LogP contribution in [0.2, 0.25) is 0 Å². The molecule has 0 radical (unpaired) electrons. The molecule has 0 aromatic heterocycles. The summed E-state index contributed by atoms with van der Waals surface area (Å²) in [7, 11) is -0.379. The summed E-state index contributed by atoms with van der Waals surface area (Å²) in [5.74, 6) is 0.659. The fourth-order valence-electron chi connectivity index (χ4n) is 3.53. The van der Waals surface area contributed by atoms with Crippen molar-refractivity contribution in [2.24, 2.45) is 0 Å². The smallest absolute Gasteiger partial charge is 0.534 e. The van der Waals surface area contributed by atoms with Gasteiger partial charge in [-0.15, -0.1) is 0 Å². The van der Waals surface area contributed by atoms with Crippen LogP contribution in [-0.4, -0.2) is 65.9 Å².